The van der Waals surface area contributed by atoms with Crippen LogP contribution in [0.15, 0.2) is 32.6 Å². The lowest BCUT2D eigenvalue weighted by atomic mass is 10.3. The fourth-order valence-corrected chi connectivity index (χ4v) is 2.01. The quantitative estimate of drug-likeness (QED) is 0.826. The average Bonchev–Trinajstić information content (AvgIpc) is 2.84. The van der Waals surface area contributed by atoms with Crippen LogP contribution >= 0.6 is 11.8 Å². The van der Waals surface area contributed by atoms with Crippen molar-refractivity contribution in [3.8, 4) is 0 Å². The molecule has 6 heteroatoms. The number of carboxylic acid groups (broad SMARTS) is 1. The van der Waals surface area contributed by atoms with Crippen molar-refractivity contribution < 1.29 is 18.7 Å². The van der Waals surface area contributed by atoms with Gasteiger partial charge in [-0.3, -0.25) is 0 Å². The number of thioether (sulfide) groups is 1. The van der Waals surface area contributed by atoms with Crippen LogP contribution in [0.3, 0.4) is 0 Å². The Hall–Kier alpha value is -1.69. The standard InChI is InChI=1S/C10H9NO4S/c1-6-7(4-8(15-6)9(12)13)5-16-10-11-2-3-14-10/h2-4H,5H2,1H3,(H,12,13). The van der Waals surface area contributed by atoms with Gasteiger partial charge in [-0.15, -0.1) is 0 Å². The number of carbonyl (C=O) groups is 1. The normalized spacial score (nSPS) is 10.6. The van der Waals surface area contributed by atoms with Gasteiger partial charge in [0.05, 0.1) is 6.20 Å². The maximum atomic E-state index is 10.7. The average molecular weight is 239 g/mol. The van der Waals surface area contributed by atoms with Crippen LogP contribution in [0.25, 0.3) is 0 Å². The zero-order valence-electron chi connectivity index (χ0n) is 8.47. The molecule has 0 bridgehead atoms. The summed E-state index contributed by atoms with van der Waals surface area (Å²) in [6.45, 7) is 1.73. The monoisotopic (exact) mass is 239 g/mol. The Kier molecular flexibility index (Phi) is 3.00. The van der Waals surface area contributed by atoms with E-state index in [4.69, 9.17) is 13.9 Å². The molecule has 0 saturated carbocycles. The number of rotatable bonds is 4. The second kappa shape index (κ2) is 4.44. The number of aromatic nitrogens is 1. The van der Waals surface area contributed by atoms with E-state index < -0.39 is 5.97 Å². The van der Waals surface area contributed by atoms with Gasteiger partial charge in [0.15, 0.2) is 0 Å². The first-order chi connectivity index (χ1) is 7.66. The van der Waals surface area contributed by atoms with Crippen LogP contribution in [0.1, 0.15) is 21.9 Å². The maximum Gasteiger partial charge on any atom is 0.371 e. The van der Waals surface area contributed by atoms with E-state index in [0.29, 0.717) is 16.7 Å². The predicted octanol–water partition coefficient (Wildman–Crippen LogP) is 2.57. The zero-order chi connectivity index (χ0) is 11.5. The smallest absolute Gasteiger partial charge is 0.371 e. The van der Waals surface area contributed by atoms with E-state index in [1.54, 1.807) is 13.1 Å². The van der Waals surface area contributed by atoms with Crippen molar-refractivity contribution in [1.29, 1.82) is 0 Å². The number of carboxylic acids is 1. The number of nitrogens with zero attached hydrogens (tertiary/aromatic N) is 1. The van der Waals surface area contributed by atoms with Gasteiger partial charge in [0.25, 0.3) is 5.22 Å². The van der Waals surface area contributed by atoms with Crippen LogP contribution in [0.5, 0.6) is 0 Å². The third kappa shape index (κ3) is 2.27. The largest absolute Gasteiger partial charge is 0.475 e. The molecule has 2 rings (SSSR count). The molecule has 0 aliphatic rings. The molecule has 0 fully saturated rings. The first-order valence-corrected chi connectivity index (χ1v) is 5.50. The third-order valence-corrected chi connectivity index (χ3v) is 2.90. The number of furan rings is 1. The zero-order valence-corrected chi connectivity index (χ0v) is 9.28. The second-order valence-electron chi connectivity index (χ2n) is 3.08. The summed E-state index contributed by atoms with van der Waals surface area (Å²) >= 11 is 1.39. The molecule has 2 heterocycles. The Labute approximate surface area is 95.5 Å². The minimum absolute atomic E-state index is 0.0412. The fourth-order valence-electron chi connectivity index (χ4n) is 1.19. The molecule has 0 aromatic carbocycles. The van der Waals surface area contributed by atoms with E-state index in [2.05, 4.69) is 4.98 Å². The van der Waals surface area contributed by atoms with Gasteiger partial charge in [-0.05, 0) is 13.0 Å². The summed E-state index contributed by atoms with van der Waals surface area (Å²) in [6, 6.07) is 1.52. The highest BCUT2D eigenvalue weighted by atomic mass is 32.2. The molecule has 1 N–H and O–H groups in total. The molecule has 2 aromatic rings. The van der Waals surface area contributed by atoms with Crippen molar-refractivity contribution in [3.63, 3.8) is 0 Å². The first kappa shape index (κ1) is 10.8. The van der Waals surface area contributed by atoms with E-state index in [1.807, 2.05) is 0 Å². The van der Waals surface area contributed by atoms with Gasteiger partial charge >= 0.3 is 5.97 Å². The molecule has 0 unspecified atom stereocenters. The summed E-state index contributed by atoms with van der Waals surface area (Å²) in [4.78, 5) is 14.6. The van der Waals surface area contributed by atoms with Crippen LogP contribution in [0, 0.1) is 6.92 Å². The lowest BCUT2D eigenvalue weighted by molar-refractivity contribution is 0.0661. The van der Waals surface area contributed by atoms with Crippen LogP contribution in [0.2, 0.25) is 0 Å². The van der Waals surface area contributed by atoms with E-state index in [1.165, 1.54) is 24.1 Å². The van der Waals surface area contributed by atoms with Crippen molar-refractivity contribution in [2.24, 2.45) is 0 Å². The molecular formula is C10H9NO4S. The highest BCUT2D eigenvalue weighted by Gasteiger charge is 2.13. The van der Waals surface area contributed by atoms with Crippen LogP contribution in [0.4, 0.5) is 0 Å². The molecule has 2 aromatic heterocycles. The summed E-state index contributed by atoms with van der Waals surface area (Å²) in [5.41, 5.74) is 0.834. The third-order valence-electron chi connectivity index (χ3n) is 1.99. The van der Waals surface area contributed by atoms with E-state index in [0.717, 1.165) is 5.56 Å². The van der Waals surface area contributed by atoms with Crippen molar-refractivity contribution in [3.05, 3.63) is 35.6 Å². The molecule has 0 spiro atoms. The number of aromatic carboxylic acids is 1. The Morgan fingerprint density at radius 3 is 3.00 bits per heavy atom. The van der Waals surface area contributed by atoms with E-state index in [9.17, 15) is 4.79 Å². The van der Waals surface area contributed by atoms with Gasteiger partial charge in [-0.2, -0.15) is 0 Å². The molecule has 5 nitrogen and oxygen atoms in total. The van der Waals surface area contributed by atoms with Gasteiger partial charge in [0, 0.05) is 11.3 Å². The van der Waals surface area contributed by atoms with Gasteiger partial charge in [-0.1, -0.05) is 11.8 Å². The Morgan fingerprint density at radius 1 is 1.62 bits per heavy atom. The Balaban J connectivity index is 2.07. The molecule has 16 heavy (non-hydrogen) atoms. The Morgan fingerprint density at radius 2 is 2.44 bits per heavy atom. The summed E-state index contributed by atoms with van der Waals surface area (Å²) < 4.78 is 10.1. The highest BCUT2D eigenvalue weighted by molar-refractivity contribution is 7.98. The molecular weight excluding hydrogens is 230 g/mol. The lowest BCUT2D eigenvalue weighted by Gasteiger charge is -1.94. The topological polar surface area (TPSA) is 76.5 Å². The minimum atomic E-state index is -1.06. The SMILES string of the molecule is Cc1oc(C(=O)O)cc1CSc1ncco1. The maximum absolute atomic E-state index is 10.7. The van der Waals surface area contributed by atoms with Gasteiger partial charge in [0.1, 0.15) is 12.0 Å². The van der Waals surface area contributed by atoms with E-state index >= 15 is 0 Å². The second-order valence-corrected chi connectivity index (χ2v) is 4.01. The first-order valence-electron chi connectivity index (χ1n) is 4.51. The molecule has 0 amide bonds. The van der Waals surface area contributed by atoms with Crippen LogP contribution in [-0.2, 0) is 5.75 Å². The van der Waals surface area contributed by atoms with Gasteiger partial charge < -0.3 is 13.9 Å². The summed E-state index contributed by atoms with van der Waals surface area (Å²) in [7, 11) is 0. The fraction of sp³-hybridized carbons (Fsp3) is 0.200. The minimum Gasteiger partial charge on any atom is -0.475 e. The number of hydrogen-bond acceptors (Lipinski definition) is 5. The van der Waals surface area contributed by atoms with Gasteiger partial charge in [0.2, 0.25) is 5.76 Å². The number of oxazole rings is 1. The van der Waals surface area contributed by atoms with Crippen molar-refractivity contribution >= 4 is 17.7 Å². The van der Waals surface area contributed by atoms with Crippen molar-refractivity contribution in [2.45, 2.75) is 17.9 Å². The molecule has 84 valence electrons. The summed E-state index contributed by atoms with van der Waals surface area (Å²) in [5, 5.41) is 9.30. The number of aryl methyl sites for hydroxylation is 1. The van der Waals surface area contributed by atoms with Crippen molar-refractivity contribution in [2.75, 3.05) is 0 Å². The summed E-state index contributed by atoms with van der Waals surface area (Å²) in [5.74, 6) is 0.0794. The lowest BCUT2D eigenvalue weighted by Crippen LogP contribution is -1.91. The molecule has 0 radical (unpaired) electrons. The highest BCUT2D eigenvalue weighted by Crippen LogP contribution is 2.24. The molecule has 0 aliphatic carbocycles. The Bertz CT molecular complexity index is 489. The van der Waals surface area contributed by atoms with Crippen LogP contribution < -0.4 is 0 Å². The van der Waals surface area contributed by atoms with E-state index in [-0.39, 0.29) is 5.76 Å². The predicted molar refractivity (Wildman–Crippen MR) is 56.5 cm³/mol. The molecule has 0 atom stereocenters. The summed E-state index contributed by atoms with van der Waals surface area (Å²) in [6.07, 6.45) is 3.06. The van der Waals surface area contributed by atoms with Gasteiger partial charge in [-0.25, -0.2) is 9.78 Å². The van der Waals surface area contributed by atoms with Crippen LogP contribution in [-0.4, -0.2) is 16.1 Å². The molecule has 0 aliphatic heterocycles. The number of hydrogen-bond donors (Lipinski definition) is 1. The van der Waals surface area contributed by atoms with Crippen molar-refractivity contribution in [1.82, 2.24) is 4.98 Å². The molecule has 0 saturated heterocycles.